The molecular formula is C4H6Br2N4. The fraction of sp³-hybridized carbons (Fsp3) is 0.750. The number of rotatable bonds is 2. The number of nitrogens with zero attached hydrogens (tertiary/aromatic N) is 4. The molecule has 6 heteroatoms. The summed E-state index contributed by atoms with van der Waals surface area (Å²) < 4.78 is 0. The van der Waals surface area contributed by atoms with Crippen molar-refractivity contribution < 1.29 is 0 Å². The number of hydrogen-bond donors (Lipinski definition) is 0. The van der Waals surface area contributed by atoms with Crippen LogP contribution >= 0.6 is 31.9 Å². The van der Waals surface area contributed by atoms with Gasteiger partial charge in [0, 0.05) is 5.33 Å². The predicted octanol–water partition coefficient (Wildman–Crippen LogP) is 1.04. The molecule has 0 bridgehead atoms. The van der Waals surface area contributed by atoms with E-state index < -0.39 is 0 Å². The van der Waals surface area contributed by atoms with E-state index >= 15 is 0 Å². The first kappa shape index (κ1) is 8.13. The minimum Gasteiger partial charge on any atom is -0.167 e. The lowest BCUT2D eigenvalue weighted by Gasteiger charge is -1.94. The standard InChI is InChI=1S/C4H6Br2N4/c1-10-8-4(7-9-10)3(6)2-5/h3H,2H2,1H3. The van der Waals surface area contributed by atoms with Crippen molar-refractivity contribution in [2.45, 2.75) is 4.83 Å². The number of hydrogen-bond acceptors (Lipinski definition) is 3. The van der Waals surface area contributed by atoms with Gasteiger partial charge in [-0.3, -0.25) is 0 Å². The monoisotopic (exact) mass is 268 g/mol. The number of alkyl halides is 2. The minimum atomic E-state index is 0.154. The van der Waals surface area contributed by atoms with Crippen molar-refractivity contribution in [1.82, 2.24) is 20.2 Å². The van der Waals surface area contributed by atoms with Crippen LogP contribution in [-0.2, 0) is 7.05 Å². The zero-order valence-electron chi connectivity index (χ0n) is 5.33. The molecule has 1 rings (SSSR count). The molecule has 1 unspecified atom stereocenters. The molecule has 4 nitrogen and oxygen atoms in total. The van der Waals surface area contributed by atoms with E-state index in [1.165, 1.54) is 4.80 Å². The van der Waals surface area contributed by atoms with Crippen LogP contribution in [0.15, 0.2) is 0 Å². The first-order chi connectivity index (χ1) is 4.74. The second-order valence-corrected chi connectivity index (χ2v) is 3.51. The van der Waals surface area contributed by atoms with Crippen LogP contribution in [0, 0.1) is 0 Å². The SMILES string of the molecule is Cn1nnc(C(Br)CBr)n1. The van der Waals surface area contributed by atoms with Crippen molar-refractivity contribution >= 4 is 31.9 Å². The largest absolute Gasteiger partial charge is 0.189 e. The maximum absolute atomic E-state index is 4.00. The maximum Gasteiger partial charge on any atom is 0.189 e. The molecule has 0 aliphatic heterocycles. The summed E-state index contributed by atoms with van der Waals surface area (Å²) in [6.45, 7) is 0. The Bertz CT molecular complexity index is 211. The smallest absolute Gasteiger partial charge is 0.167 e. The molecule has 1 aromatic heterocycles. The molecule has 0 aliphatic carbocycles. The predicted molar refractivity (Wildman–Crippen MR) is 44.3 cm³/mol. The topological polar surface area (TPSA) is 43.6 Å². The van der Waals surface area contributed by atoms with E-state index in [0.717, 1.165) is 5.33 Å². The van der Waals surface area contributed by atoms with Crippen LogP contribution in [0.4, 0.5) is 0 Å². The molecule has 0 aromatic carbocycles. The molecule has 0 saturated carbocycles. The van der Waals surface area contributed by atoms with Crippen LogP contribution in [0.3, 0.4) is 0 Å². The molecule has 0 amide bonds. The second-order valence-electron chi connectivity index (χ2n) is 1.76. The van der Waals surface area contributed by atoms with E-state index in [0.29, 0.717) is 5.82 Å². The number of tetrazole rings is 1. The summed E-state index contributed by atoms with van der Waals surface area (Å²) in [5.74, 6) is 0.708. The highest BCUT2D eigenvalue weighted by Gasteiger charge is 2.10. The van der Waals surface area contributed by atoms with Gasteiger partial charge in [0.05, 0.1) is 11.9 Å². The van der Waals surface area contributed by atoms with Gasteiger partial charge in [-0.1, -0.05) is 31.9 Å². The van der Waals surface area contributed by atoms with E-state index in [9.17, 15) is 0 Å². The summed E-state index contributed by atoms with van der Waals surface area (Å²) in [5, 5.41) is 12.3. The highest BCUT2D eigenvalue weighted by molar-refractivity contribution is 9.12. The van der Waals surface area contributed by atoms with E-state index in [4.69, 9.17) is 0 Å². The van der Waals surface area contributed by atoms with Gasteiger partial charge in [-0.2, -0.15) is 4.80 Å². The Hall–Kier alpha value is 0.0300. The zero-order chi connectivity index (χ0) is 7.56. The summed E-state index contributed by atoms with van der Waals surface area (Å²) >= 11 is 6.67. The molecule has 1 aromatic rings. The Morgan fingerprint density at radius 2 is 2.40 bits per heavy atom. The van der Waals surface area contributed by atoms with Gasteiger partial charge in [-0.25, -0.2) is 0 Å². The third kappa shape index (κ3) is 1.76. The molecule has 10 heavy (non-hydrogen) atoms. The maximum atomic E-state index is 4.00. The fourth-order valence-electron chi connectivity index (χ4n) is 0.493. The van der Waals surface area contributed by atoms with Crippen molar-refractivity contribution in [2.24, 2.45) is 7.05 Å². The van der Waals surface area contributed by atoms with Gasteiger partial charge in [0.1, 0.15) is 0 Å². The number of aryl methyl sites for hydroxylation is 1. The Morgan fingerprint density at radius 3 is 2.80 bits per heavy atom. The second kappa shape index (κ2) is 3.43. The molecule has 56 valence electrons. The van der Waals surface area contributed by atoms with E-state index in [2.05, 4.69) is 47.3 Å². The minimum absolute atomic E-state index is 0.154. The fourth-order valence-corrected chi connectivity index (χ4v) is 0.966. The van der Waals surface area contributed by atoms with Crippen LogP contribution in [0.25, 0.3) is 0 Å². The summed E-state index contributed by atoms with van der Waals surface area (Å²) in [7, 11) is 1.74. The molecule has 1 heterocycles. The van der Waals surface area contributed by atoms with Crippen molar-refractivity contribution in [3.05, 3.63) is 5.82 Å². The number of halogens is 2. The molecular weight excluding hydrogens is 264 g/mol. The highest BCUT2D eigenvalue weighted by atomic mass is 79.9. The van der Waals surface area contributed by atoms with Gasteiger partial charge in [0.2, 0.25) is 0 Å². The summed E-state index contributed by atoms with van der Waals surface area (Å²) in [5.41, 5.74) is 0. The Balaban J connectivity index is 2.74. The van der Waals surface area contributed by atoms with Crippen molar-refractivity contribution in [3.8, 4) is 0 Å². The average Bonchev–Trinajstić information content (AvgIpc) is 2.34. The highest BCUT2D eigenvalue weighted by Crippen LogP contribution is 2.19. The summed E-state index contributed by atoms with van der Waals surface area (Å²) in [6, 6.07) is 0. The normalized spacial score (nSPS) is 13.5. The molecule has 1 atom stereocenters. The van der Waals surface area contributed by atoms with Gasteiger partial charge < -0.3 is 0 Å². The van der Waals surface area contributed by atoms with Crippen LogP contribution in [0.2, 0.25) is 0 Å². The lowest BCUT2D eigenvalue weighted by Crippen LogP contribution is -1.96. The zero-order valence-corrected chi connectivity index (χ0v) is 8.50. The van der Waals surface area contributed by atoms with E-state index in [1.54, 1.807) is 7.05 Å². The van der Waals surface area contributed by atoms with Crippen LogP contribution < -0.4 is 0 Å². The Kier molecular flexibility index (Phi) is 2.79. The van der Waals surface area contributed by atoms with E-state index in [1.807, 2.05) is 0 Å². The molecule has 0 N–H and O–H groups in total. The molecule has 0 fully saturated rings. The first-order valence-corrected chi connectivity index (χ1v) is 4.71. The Morgan fingerprint density at radius 1 is 1.70 bits per heavy atom. The summed E-state index contributed by atoms with van der Waals surface area (Å²) in [4.78, 5) is 1.59. The van der Waals surface area contributed by atoms with Crippen LogP contribution in [0.5, 0.6) is 0 Å². The van der Waals surface area contributed by atoms with Crippen molar-refractivity contribution in [3.63, 3.8) is 0 Å². The molecule has 0 spiro atoms. The van der Waals surface area contributed by atoms with Gasteiger partial charge in [-0.05, 0) is 5.21 Å². The lowest BCUT2D eigenvalue weighted by atomic mass is 10.5. The van der Waals surface area contributed by atoms with Crippen molar-refractivity contribution in [1.29, 1.82) is 0 Å². The van der Waals surface area contributed by atoms with Gasteiger partial charge >= 0.3 is 0 Å². The van der Waals surface area contributed by atoms with Gasteiger partial charge in [0.25, 0.3) is 0 Å². The van der Waals surface area contributed by atoms with E-state index in [-0.39, 0.29) is 4.83 Å². The average molecular weight is 270 g/mol. The van der Waals surface area contributed by atoms with Crippen LogP contribution in [-0.4, -0.2) is 25.5 Å². The van der Waals surface area contributed by atoms with Crippen LogP contribution in [0.1, 0.15) is 10.7 Å². The molecule has 0 radical (unpaired) electrons. The summed E-state index contributed by atoms with van der Waals surface area (Å²) in [6.07, 6.45) is 0. The molecule has 0 saturated heterocycles. The van der Waals surface area contributed by atoms with Gasteiger partial charge in [0.15, 0.2) is 5.82 Å². The van der Waals surface area contributed by atoms with Crippen molar-refractivity contribution in [2.75, 3.05) is 5.33 Å². The first-order valence-electron chi connectivity index (χ1n) is 2.68. The quantitative estimate of drug-likeness (QED) is 0.754. The third-order valence-corrected chi connectivity index (χ3v) is 3.19. The molecule has 0 aliphatic rings. The third-order valence-electron chi connectivity index (χ3n) is 0.939. The van der Waals surface area contributed by atoms with Gasteiger partial charge in [-0.15, -0.1) is 10.2 Å². The Labute approximate surface area is 75.2 Å². The lowest BCUT2D eigenvalue weighted by molar-refractivity contribution is 0.628. The number of aromatic nitrogens is 4.